The lowest BCUT2D eigenvalue weighted by atomic mass is 10.1. The summed E-state index contributed by atoms with van der Waals surface area (Å²) in [6.45, 7) is 3.76. The number of amides is 1. The highest BCUT2D eigenvalue weighted by atomic mass is 35.5. The predicted molar refractivity (Wildman–Crippen MR) is 74.2 cm³/mol. The number of carbonyl (C=O) groups excluding carboxylic acids is 1. The monoisotopic (exact) mass is 266 g/mol. The van der Waals surface area contributed by atoms with Gasteiger partial charge in [-0.1, -0.05) is 11.6 Å². The van der Waals surface area contributed by atoms with E-state index in [0.717, 1.165) is 25.1 Å². The van der Waals surface area contributed by atoms with Crippen molar-refractivity contribution in [3.63, 3.8) is 0 Å². The Morgan fingerprint density at radius 2 is 2.28 bits per heavy atom. The van der Waals surface area contributed by atoms with Gasteiger partial charge in [0.15, 0.2) is 0 Å². The largest absolute Gasteiger partial charge is 0.340 e. The molecule has 3 nitrogen and oxygen atoms in total. The summed E-state index contributed by atoms with van der Waals surface area (Å²) in [6.07, 6.45) is 2.34. The van der Waals surface area contributed by atoms with Crippen LogP contribution in [-0.2, 0) is 0 Å². The zero-order chi connectivity index (χ0) is 13.1. The summed E-state index contributed by atoms with van der Waals surface area (Å²) in [5.74, 6) is 0.0364. The van der Waals surface area contributed by atoms with E-state index < -0.39 is 0 Å². The van der Waals surface area contributed by atoms with E-state index in [1.54, 1.807) is 11.0 Å². The van der Waals surface area contributed by atoms with Crippen molar-refractivity contribution in [3.05, 3.63) is 34.3 Å². The molecule has 98 valence electrons. The van der Waals surface area contributed by atoms with E-state index in [-0.39, 0.29) is 5.91 Å². The van der Waals surface area contributed by atoms with Gasteiger partial charge in [-0.2, -0.15) is 0 Å². The van der Waals surface area contributed by atoms with Crippen molar-refractivity contribution in [1.29, 1.82) is 0 Å². The Morgan fingerprint density at radius 3 is 2.89 bits per heavy atom. The topological polar surface area (TPSA) is 32.3 Å². The van der Waals surface area contributed by atoms with Gasteiger partial charge in [-0.05, 0) is 50.1 Å². The maximum Gasteiger partial charge on any atom is 0.253 e. The maximum absolute atomic E-state index is 12.3. The van der Waals surface area contributed by atoms with Gasteiger partial charge in [0.05, 0.1) is 0 Å². The van der Waals surface area contributed by atoms with E-state index in [4.69, 9.17) is 11.6 Å². The number of carbonyl (C=O) groups is 1. The lowest BCUT2D eigenvalue weighted by molar-refractivity contribution is 0.0783. The molecule has 1 atom stereocenters. The number of likely N-dealkylation sites (N-methyl/N-ethyl adjacent to an activating group) is 1. The Balaban J connectivity index is 2.04. The van der Waals surface area contributed by atoms with Gasteiger partial charge in [0.25, 0.3) is 5.91 Å². The number of nitrogens with one attached hydrogen (secondary N) is 1. The Morgan fingerprint density at radius 1 is 1.50 bits per heavy atom. The van der Waals surface area contributed by atoms with Crippen LogP contribution in [0, 0.1) is 6.92 Å². The van der Waals surface area contributed by atoms with Crippen LogP contribution in [0.25, 0.3) is 0 Å². The van der Waals surface area contributed by atoms with Crippen molar-refractivity contribution >= 4 is 17.5 Å². The van der Waals surface area contributed by atoms with E-state index in [1.165, 1.54) is 6.42 Å². The van der Waals surface area contributed by atoms with Gasteiger partial charge in [0.1, 0.15) is 0 Å². The van der Waals surface area contributed by atoms with Crippen LogP contribution in [0.1, 0.15) is 28.8 Å². The Bertz CT molecular complexity index is 421. The molecular weight excluding hydrogens is 248 g/mol. The van der Waals surface area contributed by atoms with Gasteiger partial charge in [-0.3, -0.25) is 4.79 Å². The quantitative estimate of drug-likeness (QED) is 0.912. The molecule has 0 aromatic heterocycles. The third-order valence-corrected chi connectivity index (χ3v) is 3.51. The fraction of sp³-hybridized carbons (Fsp3) is 0.500. The number of nitrogens with zero attached hydrogens (tertiary/aromatic N) is 1. The van der Waals surface area contributed by atoms with Gasteiger partial charge in [0, 0.05) is 30.2 Å². The lowest BCUT2D eigenvalue weighted by Gasteiger charge is -2.21. The van der Waals surface area contributed by atoms with E-state index >= 15 is 0 Å². The Kier molecular flexibility index (Phi) is 4.25. The maximum atomic E-state index is 12.3. The van der Waals surface area contributed by atoms with Crippen molar-refractivity contribution < 1.29 is 4.79 Å². The molecule has 2 rings (SSSR count). The van der Waals surface area contributed by atoms with Gasteiger partial charge in [-0.15, -0.1) is 0 Å². The molecule has 0 bridgehead atoms. The first-order chi connectivity index (χ1) is 8.56. The molecular formula is C14H19ClN2O. The van der Waals surface area contributed by atoms with E-state index in [0.29, 0.717) is 16.6 Å². The summed E-state index contributed by atoms with van der Waals surface area (Å²) in [6, 6.07) is 5.90. The number of hydrogen-bond donors (Lipinski definition) is 1. The van der Waals surface area contributed by atoms with Crippen LogP contribution in [0.4, 0.5) is 0 Å². The van der Waals surface area contributed by atoms with E-state index in [1.807, 2.05) is 26.1 Å². The molecule has 0 aliphatic carbocycles. The molecule has 1 aliphatic rings. The van der Waals surface area contributed by atoms with Gasteiger partial charge in [-0.25, -0.2) is 0 Å². The predicted octanol–water partition coefficient (Wildman–Crippen LogP) is 2.47. The Hall–Kier alpha value is -1.06. The first-order valence-electron chi connectivity index (χ1n) is 6.32. The van der Waals surface area contributed by atoms with Crippen LogP contribution in [0.15, 0.2) is 18.2 Å². The Labute approximate surface area is 113 Å². The molecule has 0 radical (unpaired) electrons. The standard InChI is InChI=1S/C14H19ClN2O/c1-10-6-11(8-12(15)7-10)14(18)17(2)9-13-4-3-5-16-13/h6-8,13,16H,3-5,9H2,1-2H3. The molecule has 4 heteroatoms. The molecule has 1 aromatic carbocycles. The van der Waals surface area contributed by atoms with E-state index in [2.05, 4.69) is 5.32 Å². The molecule has 1 fully saturated rings. The van der Waals surface area contributed by atoms with Crippen molar-refractivity contribution in [3.8, 4) is 0 Å². The molecule has 1 saturated heterocycles. The fourth-order valence-corrected chi connectivity index (χ4v) is 2.70. The van der Waals surface area contributed by atoms with Crippen LogP contribution >= 0.6 is 11.6 Å². The molecule has 1 amide bonds. The second kappa shape index (κ2) is 5.72. The minimum atomic E-state index is 0.0364. The smallest absolute Gasteiger partial charge is 0.253 e. The van der Waals surface area contributed by atoms with Crippen molar-refractivity contribution in [2.24, 2.45) is 0 Å². The number of halogens is 1. The highest BCUT2D eigenvalue weighted by Gasteiger charge is 2.19. The average molecular weight is 267 g/mol. The second-order valence-electron chi connectivity index (χ2n) is 5.00. The number of rotatable bonds is 3. The van der Waals surface area contributed by atoms with Crippen molar-refractivity contribution in [2.75, 3.05) is 20.1 Å². The number of aryl methyl sites for hydroxylation is 1. The molecule has 0 saturated carbocycles. The first kappa shape index (κ1) is 13.4. The zero-order valence-electron chi connectivity index (χ0n) is 10.9. The first-order valence-corrected chi connectivity index (χ1v) is 6.70. The third kappa shape index (κ3) is 3.24. The molecule has 1 heterocycles. The summed E-state index contributed by atoms with van der Waals surface area (Å²) in [7, 11) is 1.85. The number of benzene rings is 1. The number of hydrogen-bond acceptors (Lipinski definition) is 2. The molecule has 1 aromatic rings. The summed E-state index contributed by atoms with van der Waals surface area (Å²) in [5, 5.41) is 4.01. The van der Waals surface area contributed by atoms with E-state index in [9.17, 15) is 4.79 Å². The molecule has 1 aliphatic heterocycles. The summed E-state index contributed by atoms with van der Waals surface area (Å²) in [4.78, 5) is 14.0. The molecule has 1 unspecified atom stereocenters. The van der Waals surface area contributed by atoms with Crippen molar-refractivity contribution in [2.45, 2.75) is 25.8 Å². The minimum Gasteiger partial charge on any atom is -0.340 e. The zero-order valence-corrected chi connectivity index (χ0v) is 11.6. The highest BCUT2D eigenvalue weighted by molar-refractivity contribution is 6.31. The molecule has 18 heavy (non-hydrogen) atoms. The summed E-state index contributed by atoms with van der Waals surface area (Å²) in [5.41, 5.74) is 1.68. The highest BCUT2D eigenvalue weighted by Crippen LogP contribution is 2.16. The average Bonchev–Trinajstić information content (AvgIpc) is 2.79. The normalized spacial score (nSPS) is 18.9. The van der Waals surface area contributed by atoms with Gasteiger partial charge < -0.3 is 10.2 Å². The van der Waals surface area contributed by atoms with Gasteiger partial charge >= 0.3 is 0 Å². The minimum absolute atomic E-state index is 0.0364. The third-order valence-electron chi connectivity index (χ3n) is 3.29. The second-order valence-corrected chi connectivity index (χ2v) is 5.43. The van der Waals surface area contributed by atoms with Crippen molar-refractivity contribution in [1.82, 2.24) is 10.2 Å². The lowest BCUT2D eigenvalue weighted by Crippen LogP contribution is -2.38. The van der Waals surface area contributed by atoms with Crippen LogP contribution < -0.4 is 5.32 Å². The van der Waals surface area contributed by atoms with Crippen LogP contribution in [0.2, 0.25) is 5.02 Å². The fourth-order valence-electron chi connectivity index (χ4n) is 2.41. The van der Waals surface area contributed by atoms with Gasteiger partial charge in [0.2, 0.25) is 0 Å². The molecule has 1 N–H and O–H groups in total. The van der Waals surface area contributed by atoms with Crippen LogP contribution in [0.5, 0.6) is 0 Å². The van der Waals surface area contributed by atoms with Crippen LogP contribution in [-0.4, -0.2) is 37.0 Å². The SMILES string of the molecule is Cc1cc(Cl)cc(C(=O)N(C)CC2CCCN2)c1. The van der Waals surface area contributed by atoms with Crippen LogP contribution in [0.3, 0.4) is 0 Å². The summed E-state index contributed by atoms with van der Waals surface area (Å²) < 4.78 is 0. The summed E-state index contributed by atoms with van der Waals surface area (Å²) >= 11 is 5.99. The molecule has 0 spiro atoms.